The van der Waals surface area contributed by atoms with Crippen LogP contribution in [0.1, 0.15) is 31.2 Å². The molecule has 0 unspecified atom stereocenters. The fraction of sp³-hybridized carbons (Fsp3) is 0.400. The molecule has 1 amide bonds. The van der Waals surface area contributed by atoms with Crippen molar-refractivity contribution in [2.24, 2.45) is 0 Å². The molecule has 6 nitrogen and oxygen atoms in total. The van der Waals surface area contributed by atoms with E-state index in [1.807, 2.05) is 18.2 Å². The summed E-state index contributed by atoms with van der Waals surface area (Å²) in [6.07, 6.45) is 7.01. The number of ether oxygens (including phenoxy) is 2. The zero-order valence-electron chi connectivity index (χ0n) is 15.2. The Morgan fingerprint density at radius 3 is 2.54 bits per heavy atom. The highest BCUT2D eigenvalue weighted by Crippen LogP contribution is 2.28. The second kappa shape index (κ2) is 8.56. The summed E-state index contributed by atoms with van der Waals surface area (Å²) in [6.45, 7) is 0. The minimum Gasteiger partial charge on any atom is -0.493 e. The molecule has 26 heavy (non-hydrogen) atoms. The molecule has 3 rings (SSSR count). The van der Waals surface area contributed by atoms with Crippen molar-refractivity contribution in [3.05, 3.63) is 42.1 Å². The maximum atomic E-state index is 12.3. The van der Waals surface area contributed by atoms with Crippen molar-refractivity contribution in [1.82, 2.24) is 4.98 Å². The monoisotopic (exact) mass is 355 g/mol. The molecule has 1 fully saturated rings. The van der Waals surface area contributed by atoms with Crippen LogP contribution < -0.4 is 20.1 Å². The van der Waals surface area contributed by atoms with Gasteiger partial charge in [-0.05, 0) is 42.7 Å². The number of hydrogen-bond acceptors (Lipinski definition) is 5. The Kier molecular flexibility index (Phi) is 5.94. The average molecular weight is 355 g/mol. The van der Waals surface area contributed by atoms with Crippen molar-refractivity contribution in [1.29, 1.82) is 0 Å². The zero-order chi connectivity index (χ0) is 18.4. The van der Waals surface area contributed by atoms with Crippen LogP contribution in [0.15, 0.2) is 36.5 Å². The van der Waals surface area contributed by atoms with Gasteiger partial charge in [0.2, 0.25) is 5.91 Å². The van der Waals surface area contributed by atoms with Gasteiger partial charge in [-0.1, -0.05) is 18.9 Å². The smallest absolute Gasteiger partial charge is 0.229 e. The van der Waals surface area contributed by atoms with Gasteiger partial charge in [0, 0.05) is 6.04 Å². The molecule has 138 valence electrons. The Hall–Kier alpha value is -2.76. The van der Waals surface area contributed by atoms with Crippen molar-refractivity contribution >= 4 is 17.4 Å². The van der Waals surface area contributed by atoms with E-state index in [1.54, 1.807) is 32.5 Å². The van der Waals surface area contributed by atoms with Crippen molar-refractivity contribution in [3.63, 3.8) is 0 Å². The lowest BCUT2D eigenvalue weighted by molar-refractivity contribution is -0.115. The molecule has 1 aliphatic rings. The number of amides is 1. The van der Waals surface area contributed by atoms with Gasteiger partial charge < -0.3 is 20.1 Å². The van der Waals surface area contributed by atoms with Gasteiger partial charge in [0.25, 0.3) is 0 Å². The summed E-state index contributed by atoms with van der Waals surface area (Å²) in [7, 11) is 3.16. The lowest BCUT2D eigenvalue weighted by Gasteiger charge is -2.13. The van der Waals surface area contributed by atoms with E-state index in [-0.39, 0.29) is 12.3 Å². The number of methoxy groups -OCH3 is 2. The van der Waals surface area contributed by atoms with Crippen LogP contribution in [0.2, 0.25) is 0 Å². The first-order chi connectivity index (χ1) is 12.7. The van der Waals surface area contributed by atoms with E-state index < -0.39 is 0 Å². The van der Waals surface area contributed by atoms with Gasteiger partial charge >= 0.3 is 0 Å². The highest BCUT2D eigenvalue weighted by molar-refractivity contribution is 5.91. The fourth-order valence-electron chi connectivity index (χ4n) is 3.22. The van der Waals surface area contributed by atoms with Crippen LogP contribution >= 0.6 is 0 Å². The van der Waals surface area contributed by atoms with E-state index in [2.05, 4.69) is 15.6 Å². The lowest BCUT2D eigenvalue weighted by atomic mass is 10.1. The van der Waals surface area contributed by atoms with E-state index in [4.69, 9.17) is 9.47 Å². The third-order valence-electron chi connectivity index (χ3n) is 4.57. The number of benzene rings is 1. The first-order valence-electron chi connectivity index (χ1n) is 8.91. The SMILES string of the molecule is COc1ccc(CC(=O)Nc2ccc(NC3CCCC3)cn2)cc1OC. The molecular weight excluding hydrogens is 330 g/mol. The number of hydrogen-bond donors (Lipinski definition) is 2. The molecule has 6 heteroatoms. The Labute approximate surface area is 153 Å². The maximum absolute atomic E-state index is 12.3. The molecule has 1 heterocycles. The molecule has 0 saturated heterocycles. The predicted molar refractivity (Wildman–Crippen MR) is 102 cm³/mol. The van der Waals surface area contributed by atoms with E-state index in [9.17, 15) is 4.79 Å². The van der Waals surface area contributed by atoms with Crippen molar-refractivity contribution in [3.8, 4) is 11.5 Å². The molecule has 0 radical (unpaired) electrons. The number of carbonyl (C=O) groups excluding carboxylic acids is 1. The highest BCUT2D eigenvalue weighted by atomic mass is 16.5. The van der Waals surface area contributed by atoms with E-state index in [0.717, 1.165) is 11.3 Å². The highest BCUT2D eigenvalue weighted by Gasteiger charge is 2.14. The van der Waals surface area contributed by atoms with Gasteiger partial charge in [-0.15, -0.1) is 0 Å². The summed E-state index contributed by atoms with van der Waals surface area (Å²) in [6, 6.07) is 9.77. The van der Waals surface area contributed by atoms with Crippen LogP contribution in [-0.2, 0) is 11.2 Å². The first kappa shape index (κ1) is 18.0. The molecule has 1 saturated carbocycles. The molecular formula is C20H25N3O3. The number of nitrogens with zero attached hydrogens (tertiary/aromatic N) is 1. The van der Waals surface area contributed by atoms with Crippen LogP contribution in [0.5, 0.6) is 11.5 Å². The Morgan fingerprint density at radius 1 is 1.12 bits per heavy atom. The lowest BCUT2D eigenvalue weighted by Crippen LogP contribution is -2.16. The molecule has 2 N–H and O–H groups in total. The zero-order valence-corrected chi connectivity index (χ0v) is 15.2. The van der Waals surface area contributed by atoms with Gasteiger partial charge in [0.15, 0.2) is 11.5 Å². The van der Waals surface area contributed by atoms with E-state index in [0.29, 0.717) is 23.4 Å². The quantitative estimate of drug-likeness (QED) is 0.793. The largest absolute Gasteiger partial charge is 0.493 e. The van der Waals surface area contributed by atoms with Crippen LogP contribution in [0.4, 0.5) is 11.5 Å². The molecule has 1 aromatic heterocycles. The van der Waals surface area contributed by atoms with E-state index in [1.165, 1.54) is 25.7 Å². The molecule has 1 aromatic carbocycles. The van der Waals surface area contributed by atoms with Crippen LogP contribution in [0.25, 0.3) is 0 Å². The van der Waals surface area contributed by atoms with Crippen molar-refractivity contribution in [2.45, 2.75) is 38.1 Å². The number of rotatable bonds is 7. The third-order valence-corrected chi connectivity index (χ3v) is 4.57. The summed E-state index contributed by atoms with van der Waals surface area (Å²) in [5.41, 5.74) is 1.84. The average Bonchev–Trinajstić information content (AvgIpc) is 3.16. The maximum Gasteiger partial charge on any atom is 0.229 e. The molecule has 0 spiro atoms. The minimum atomic E-state index is -0.124. The molecule has 0 atom stereocenters. The Balaban J connectivity index is 1.56. The van der Waals surface area contributed by atoms with Crippen LogP contribution in [0.3, 0.4) is 0 Å². The summed E-state index contributed by atoms with van der Waals surface area (Å²) in [5.74, 6) is 1.68. The standard InChI is InChI=1S/C20H25N3O3/c1-25-17-9-7-14(11-18(17)26-2)12-20(24)23-19-10-8-16(13-21-19)22-15-5-3-4-6-15/h7-11,13,15,22H,3-6,12H2,1-2H3,(H,21,23,24). The molecule has 0 aliphatic heterocycles. The van der Waals surface area contributed by atoms with Gasteiger partial charge in [0.05, 0.1) is 32.5 Å². The third kappa shape index (κ3) is 4.65. The Bertz CT molecular complexity index is 740. The second-order valence-electron chi connectivity index (χ2n) is 6.47. The number of aromatic nitrogens is 1. The van der Waals surface area contributed by atoms with Gasteiger partial charge in [-0.25, -0.2) is 4.98 Å². The predicted octanol–water partition coefficient (Wildman–Crippen LogP) is 3.63. The van der Waals surface area contributed by atoms with Gasteiger partial charge in [0.1, 0.15) is 5.82 Å². The minimum absolute atomic E-state index is 0.124. The summed E-state index contributed by atoms with van der Waals surface area (Å²) in [5, 5.41) is 6.31. The number of nitrogens with one attached hydrogen (secondary N) is 2. The van der Waals surface area contributed by atoms with Gasteiger partial charge in [-0.3, -0.25) is 4.79 Å². The number of pyridine rings is 1. The number of anilines is 2. The van der Waals surface area contributed by atoms with Crippen molar-refractivity contribution in [2.75, 3.05) is 24.9 Å². The molecule has 1 aliphatic carbocycles. The molecule has 0 bridgehead atoms. The summed E-state index contributed by atoms with van der Waals surface area (Å²) >= 11 is 0. The van der Waals surface area contributed by atoms with Crippen LogP contribution in [-0.4, -0.2) is 31.2 Å². The summed E-state index contributed by atoms with van der Waals surface area (Å²) in [4.78, 5) is 16.6. The summed E-state index contributed by atoms with van der Waals surface area (Å²) < 4.78 is 10.5. The van der Waals surface area contributed by atoms with Gasteiger partial charge in [-0.2, -0.15) is 0 Å². The Morgan fingerprint density at radius 2 is 1.88 bits per heavy atom. The van der Waals surface area contributed by atoms with E-state index >= 15 is 0 Å². The van der Waals surface area contributed by atoms with Crippen molar-refractivity contribution < 1.29 is 14.3 Å². The second-order valence-corrected chi connectivity index (χ2v) is 6.47. The number of carbonyl (C=O) groups is 1. The normalized spacial score (nSPS) is 14.1. The molecule has 2 aromatic rings. The van der Waals surface area contributed by atoms with Crippen LogP contribution in [0, 0.1) is 0 Å². The first-order valence-corrected chi connectivity index (χ1v) is 8.91. The fourth-order valence-corrected chi connectivity index (χ4v) is 3.22. The topological polar surface area (TPSA) is 72.5 Å².